The number of nitrogens with zero attached hydrogens (tertiary/aromatic N) is 2. The van der Waals surface area contributed by atoms with Crippen molar-refractivity contribution in [3.63, 3.8) is 0 Å². The number of hydrogen-bond acceptors (Lipinski definition) is 5. The Kier molecular flexibility index (Phi) is 4.07. The summed E-state index contributed by atoms with van der Waals surface area (Å²) in [5.41, 5.74) is 1.74. The summed E-state index contributed by atoms with van der Waals surface area (Å²) in [6.45, 7) is 2.00. The molecule has 4 aromatic rings. The molecule has 0 aliphatic rings. The van der Waals surface area contributed by atoms with E-state index in [9.17, 15) is 9.59 Å². The van der Waals surface area contributed by atoms with Gasteiger partial charge in [-0.05, 0) is 23.9 Å². The average Bonchev–Trinajstić information content (AvgIpc) is 3.26. The van der Waals surface area contributed by atoms with Crippen LogP contribution in [-0.2, 0) is 6.54 Å². The number of carbonyl (C=O) groups is 1. The fourth-order valence-corrected chi connectivity index (χ4v) is 4.53. The smallest absolute Gasteiger partial charge is 0.263 e. The van der Waals surface area contributed by atoms with Crippen molar-refractivity contribution in [1.82, 2.24) is 9.55 Å². The van der Waals surface area contributed by atoms with Crippen LogP contribution in [0.25, 0.3) is 21.3 Å². The van der Waals surface area contributed by atoms with Gasteiger partial charge in [-0.3, -0.25) is 14.2 Å². The van der Waals surface area contributed by atoms with Gasteiger partial charge in [0.25, 0.3) is 5.56 Å². The average molecular weight is 366 g/mol. The van der Waals surface area contributed by atoms with Gasteiger partial charge in [-0.1, -0.05) is 36.4 Å². The first-order chi connectivity index (χ1) is 12.1. The maximum atomic E-state index is 13.0. The van der Waals surface area contributed by atoms with E-state index in [0.717, 1.165) is 16.0 Å². The number of hydrogen-bond donors (Lipinski definition) is 0. The van der Waals surface area contributed by atoms with E-state index in [1.807, 2.05) is 48.7 Å². The van der Waals surface area contributed by atoms with Crippen molar-refractivity contribution in [2.75, 3.05) is 0 Å². The number of Topliss-reactive ketones (excluding diaryl/α,β-unsaturated/α-hetero) is 1. The second kappa shape index (κ2) is 6.38. The Labute approximate surface area is 152 Å². The van der Waals surface area contributed by atoms with Gasteiger partial charge in [-0.25, -0.2) is 4.98 Å². The number of aromatic nitrogens is 2. The third-order valence-corrected chi connectivity index (χ3v) is 5.95. The molecule has 3 aromatic heterocycles. The van der Waals surface area contributed by atoms with Crippen LogP contribution in [0.3, 0.4) is 0 Å². The lowest BCUT2D eigenvalue weighted by molar-refractivity contribution is 0.0974. The molecule has 0 aliphatic heterocycles. The Bertz CT molecular complexity index is 1110. The fraction of sp³-hybridized carbons (Fsp3) is 0.105. The highest BCUT2D eigenvalue weighted by molar-refractivity contribution is 7.19. The van der Waals surface area contributed by atoms with Crippen LogP contribution in [0.5, 0.6) is 0 Å². The molecule has 0 radical (unpaired) electrons. The van der Waals surface area contributed by atoms with Gasteiger partial charge in [0.1, 0.15) is 4.83 Å². The molecule has 0 unspecified atom stereocenters. The third kappa shape index (κ3) is 2.83. The predicted octanol–water partition coefficient (Wildman–Crippen LogP) is 4.38. The number of thiophene rings is 2. The number of rotatable bonds is 4. The lowest BCUT2D eigenvalue weighted by atomic mass is 10.0. The van der Waals surface area contributed by atoms with Gasteiger partial charge in [-0.15, -0.1) is 22.7 Å². The molecule has 0 amide bonds. The first kappa shape index (κ1) is 15.9. The van der Waals surface area contributed by atoms with Gasteiger partial charge in [-0.2, -0.15) is 0 Å². The molecule has 1 aromatic carbocycles. The maximum Gasteiger partial charge on any atom is 0.263 e. The van der Waals surface area contributed by atoms with Crippen molar-refractivity contribution >= 4 is 38.7 Å². The molecule has 0 fully saturated rings. The molecule has 0 bridgehead atoms. The summed E-state index contributed by atoms with van der Waals surface area (Å²) in [5.74, 6) is -0.0773. The van der Waals surface area contributed by atoms with E-state index >= 15 is 0 Å². The van der Waals surface area contributed by atoms with Gasteiger partial charge in [0.05, 0.1) is 23.1 Å². The van der Waals surface area contributed by atoms with Gasteiger partial charge < -0.3 is 0 Å². The summed E-state index contributed by atoms with van der Waals surface area (Å²) < 4.78 is 1.41. The molecule has 124 valence electrons. The molecule has 3 heterocycles. The van der Waals surface area contributed by atoms with E-state index in [1.54, 1.807) is 6.07 Å². The van der Waals surface area contributed by atoms with E-state index in [1.165, 1.54) is 33.6 Å². The Morgan fingerprint density at radius 2 is 1.96 bits per heavy atom. The first-order valence-electron chi connectivity index (χ1n) is 7.76. The Hall–Kier alpha value is -2.57. The second-order valence-corrected chi connectivity index (χ2v) is 7.81. The minimum Gasteiger partial charge on any atom is -0.291 e. The highest BCUT2D eigenvalue weighted by Crippen LogP contribution is 2.35. The molecule has 0 saturated carbocycles. The van der Waals surface area contributed by atoms with Crippen LogP contribution >= 0.6 is 22.7 Å². The lowest BCUT2D eigenvalue weighted by Crippen LogP contribution is -2.24. The highest BCUT2D eigenvalue weighted by atomic mass is 32.1. The number of aryl methyl sites for hydroxylation is 1. The van der Waals surface area contributed by atoms with Crippen LogP contribution in [-0.4, -0.2) is 15.3 Å². The van der Waals surface area contributed by atoms with E-state index in [-0.39, 0.29) is 17.9 Å². The number of carbonyl (C=O) groups excluding carboxylic acids is 1. The number of benzene rings is 1. The van der Waals surface area contributed by atoms with Crippen molar-refractivity contribution in [2.45, 2.75) is 13.5 Å². The molecule has 25 heavy (non-hydrogen) atoms. The molecule has 0 spiro atoms. The second-order valence-electron chi connectivity index (χ2n) is 5.66. The summed E-state index contributed by atoms with van der Waals surface area (Å²) in [7, 11) is 0. The molecule has 0 aliphatic carbocycles. The maximum absolute atomic E-state index is 13.0. The van der Waals surface area contributed by atoms with Crippen molar-refractivity contribution < 1.29 is 4.79 Å². The molecule has 0 atom stereocenters. The van der Waals surface area contributed by atoms with Crippen LogP contribution in [0.2, 0.25) is 0 Å². The van der Waals surface area contributed by atoms with Crippen molar-refractivity contribution in [1.29, 1.82) is 0 Å². The molecular formula is C19H14N2O2S2. The quantitative estimate of drug-likeness (QED) is 0.504. The van der Waals surface area contributed by atoms with Gasteiger partial charge in [0.15, 0.2) is 5.78 Å². The minimum absolute atomic E-state index is 0.00537. The summed E-state index contributed by atoms with van der Waals surface area (Å²) in [5, 5.41) is 2.45. The van der Waals surface area contributed by atoms with Crippen molar-refractivity contribution in [3.8, 4) is 11.1 Å². The zero-order valence-corrected chi connectivity index (χ0v) is 15.1. The van der Waals surface area contributed by atoms with E-state index in [0.29, 0.717) is 15.1 Å². The normalized spacial score (nSPS) is 11.1. The highest BCUT2D eigenvalue weighted by Gasteiger charge is 2.18. The van der Waals surface area contributed by atoms with E-state index in [2.05, 4.69) is 4.98 Å². The van der Waals surface area contributed by atoms with E-state index < -0.39 is 0 Å². The molecule has 6 heteroatoms. The van der Waals surface area contributed by atoms with E-state index in [4.69, 9.17) is 0 Å². The van der Waals surface area contributed by atoms with Crippen molar-refractivity contribution in [2.24, 2.45) is 0 Å². The zero-order valence-electron chi connectivity index (χ0n) is 13.4. The largest absolute Gasteiger partial charge is 0.291 e. The van der Waals surface area contributed by atoms with Crippen LogP contribution in [0.15, 0.2) is 59.0 Å². The van der Waals surface area contributed by atoms with Crippen LogP contribution in [0.1, 0.15) is 14.5 Å². The summed E-state index contributed by atoms with van der Waals surface area (Å²) in [6.07, 6.45) is 1.47. The van der Waals surface area contributed by atoms with Gasteiger partial charge >= 0.3 is 0 Å². The number of fused-ring (bicyclic) bond motifs is 1. The van der Waals surface area contributed by atoms with Crippen LogP contribution in [0.4, 0.5) is 0 Å². The van der Waals surface area contributed by atoms with Crippen molar-refractivity contribution in [3.05, 3.63) is 74.3 Å². The van der Waals surface area contributed by atoms with Gasteiger partial charge in [0, 0.05) is 10.4 Å². The van der Waals surface area contributed by atoms with Crippen LogP contribution in [0, 0.1) is 6.92 Å². The summed E-state index contributed by atoms with van der Waals surface area (Å²) in [6, 6.07) is 13.4. The lowest BCUT2D eigenvalue weighted by Gasteiger charge is -2.05. The Morgan fingerprint density at radius 1 is 1.16 bits per heavy atom. The standard InChI is InChI=1S/C19H14N2O2S2/c1-12-16(13-6-3-2-4-7-13)17-18(25-12)20-11-21(19(17)23)10-14(22)15-8-5-9-24-15/h2-9,11H,10H2,1H3. The topological polar surface area (TPSA) is 52.0 Å². The molecular weight excluding hydrogens is 352 g/mol. The minimum atomic E-state index is -0.168. The molecule has 0 N–H and O–H groups in total. The summed E-state index contributed by atoms with van der Waals surface area (Å²) in [4.78, 5) is 32.2. The monoisotopic (exact) mass is 366 g/mol. The number of ketones is 1. The molecule has 4 rings (SSSR count). The van der Waals surface area contributed by atoms with Gasteiger partial charge in [0.2, 0.25) is 0 Å². The Morgan fingerprint density at radius 3 is 2.68 bits per heavy atom. The first-order valence-corrected chi connectivity index (χ1v) is 9.45. The Balaban J connectivity index is 1.85. The fourth-order valence-electron chi connectivity index (χ4n) is 2.87. The zero-order chi connectivity index (χ0) is 17.4. The third-order valence-electron chi connectivity index (χ3n) is 4.03. The predicted molar refractivity (Wildman–Crippen MR) is 103 cm³/mol. The molecule has 4 nitrogen and oxygen atoms in total. The summed E-state index contributed by atoms with van der Waals surface area (Å²) >= 11 is 2.89. The van der Waals surface area contributed by atoms with Crippen LogP contribution < -0.4 is 5.56 Å². The SMILES string of the molecule is Cc1sc2ncn(CC(=O)c3cccs3)c(=O)c2c1-c1ccccc1. The molecule has 0 saturated heterocycles.